The molecule has 1 aliphatic rings. The zero-order valence-electron chi connectivity index (χ0n) is 14.5. The van der Waals surface area contributed by atoms with Crippen molar-refractivity contribution in [3.05, 3.63) is 57.3 Å². The molecule has 0 saturated carbocycles. The lowest BCUT2D eigenvalue weighted by Crippen LogP contribution is -2.17. The number of hydrogen-bond acceptors (Lipinski definition) is 6. The molecular formula is C19H20O6. The van der Waals surface area contributed by atoms with Crippen LogP contribution in [0.1, 0.15) is 36.5 Å². The van der Waals surface area contributed by atoms with E-state index in [1.165, 1.54) is 12.3 Å². The molecule has 1 aromatic carbocycles. The summed E-state index contributed by atoms with van der Waals surface area (Å²) in [6.07, 6.45) is 1.24. The Balaban J connectivity index is 1.92. The number of carbonyl (C=O) groups is 1. The van der Waals surface area contributed by atoms with E-state index in [4.69, 9.17) is 18.6 Å². The molecule has 132 valence electrons. The zero-order valence-corrected chi connectivity index (χ0v) is 14.5. The Bertz CT molecular complexity index is 891. The topological polar surface area (TPSA) is 75.0 Å². The molecule has 0 saturated heterocycles. The first-order chi connectivity index (χ1) is 12.0. The average Bonchev–Trinajstić information content (AvgIpc) is 2.59. The molecule has 1 aromatic heterocycles. The summed E-state index contributed by atoms with van der Waals surface area (Å²) in [5.41, 5.74) is 2.81. The normalized spacial score (nSPS) is 14.0. The highest BCUT2D eigenvalue weighted by Gasteiger charge is 2.18. The lowest BCUT2D eigenvalue weighted by atomic mass is 9.95. The average molecular weight is 344 g/mol. The third-order valence-corrected chi connectivity index (χ3v) is 4.05. The second-order valence-electron chi connectivity index (χ2n) is 6.23. The first-order valence-electron chi connectivity index (χ1n) is 8.14. The Labute approximate surface area is 145 Å². The monoisotopic (exact) mass is 344 g/mol. The Morgan fingerprint density at radius 1 is 1.24 bits per heavy atom. The molecule has 0 spiro atoms. The number of esters is 1. The van der Waals surface area contributed by atoms with Gasteiger partial charge in [0.05, 0.1) is 0 Å². The van der Waals surface area contributed by atoms with E-state index in [1.807, 2.05) is 19.1 Å². The van der Waals surface area contributed by atoms with Crippen molar-refractivity contribution in [2.75, 3.05) is 13.2 Å². The smallest absolute Gasteiger partial charge is 0.377 e. The van der Waals surface area contributed by atoms with E-state index in [0.717, 1.165) is 16.5 Å². The van der Waals surface area contributed by atoms with Crippen molar-refractivity contribution in [2.45, 2.75) is 33.3 Å². The minimum Gasteiger partial charge on any atom is -0.493 e. The number of fused-ring (bicyclic) bond motifs is 1. The maximum absolute atomic E-state index is 12.0. The molecule has 0 atom stereocenters. The van der Waals surface area contributed by atoms with Crippen LogP contribution in [-0.4, -0.2) is 19.2 Å². The maximum Gasteiger partial charge on any atom is 0.377 e. The van der Waals surface area contributed by atoms with Crippen molar-refractivity contribution in [2.24, 2.45) is 0 Å². The molecular weight excluding hydrogens is 324 g/mol. The SMILES string of the molecule is Cc1cc2oc(=O)cc(COC(=O)C3=COCCO3)c2cc1C(C)C. The minimum atomic E-state index is -0.628. The van der Waals surface area contributed by atoms with Crippen LogP contribution in [0.4, 0.5) is 0 Å². The third kappa shape index (κ3) is 3.68. The molecule has 6 heteroatoms. The molecule has 0 N–H and O–H groups in total. The predicted molar refractivity (Wildman–Crippen MR) is 91.1 cm³/mol. The fraction of sp³-hybridized carbons (Fsp3) is 0.368. The largest absolute Gasteiger partial charge is 0.493 e. The first kappa shape index (κ1) is 17.1. The van der Waals surface area contributed by atoms with Crippen LogP contribution in [0, 0.1) is 6.92 Å². The minimum absolute atomic E-state index is 0.0252. The number of aryl methyl sites for hydroxylation is 1. The highest BCUT2D eigenvalue weighted by molar-refractivity contribution is 5.86. The van der Waals surface area contributed by atoms with Gasteiger partial charge in [0.25, 0.3) is 0 Å². The van der Waals surface area contributed by atoms with Gasteiger partial charge >= 0.3 is 11.6 Å². The van der Waals surface area contributed by atoms with Gasteiger partial charge in [0.2, 0.25) is 5.76 Å². The number of rotatable bonds is 4. The van der Waals surface area contributed by atoms with Crippen LogP contribution >= 0.6 is 0 Å². The Kier molecular flexibility index (Phi) is 4.79. The van der Waals surface area contributed by atoms with Gasteiger partial charge in [0.15, 0.2) is 0 Å². The van der Waals surface area contributed by atoms with Crippen LogP contribution in [0.2, 0.25) is 0 Å². The zero-order chi connectivity index (χ0) is 18.0. The van der Waals surface area contributed by atoms with Crippen molar-refractivity contribution in [1.82, 2.24) is 0 Å². The highest BCUT2D eigenvalue weighted by atomic mass is 16.6. The lowest BCUT2D eigenvalue weighted by Gasteiger charge is -2.15. The van der Waals surface area contributed by atoms with Gasteiger partial charge in [-0.15, -0.1) is 0 Å². The van der Waals surface area contributed by atoms with E-state index < -0.39 is 11.6 Å². The Morgan fingerprint density at radius 2 is 2.04 bits per heavy atom. The van der Waals surface area contributed by atoms with E-state index in [9.17, 15) is 9.59 Å². The summed E-state index contributed by atoms with van der Waals surface area (Å²) < 4.78 is 20.8. The fourth-order valence-corrected chi connectivity index (χ4v) is 2.82. The van der Waals surface area contributed by atoms with Crippen molar-refractivity contribution < 1.29 is 23.4 Å². The number of ether oxygens (including phenoxy) is 3. The molecule has 0 amide bonds. The summed E-state index contributed by atoms with van der Waals surface area (Å²) >= 11 is 0. The molecule has 0 aliphatic carbocycles. The van der Waals surface area contributed by atoms with E-state index in [1.54, 1.807) is 0 Å². The number of hydrogen-bond donors (Lipinski definition) is 0. The van der Waals surface area contributed by atoms with Crippen LogP contribution in [-0.2, 0) is 25.6 Å². The molecule has 0 radical (unpaired) electrons. The molecule has 0 fully saturated rings. The molecule has 0 unspecified atom stereocenters. The van der Waals surface area contributed by atoms with Crippen molar-refractivity contribution in [1.29, 1.82) is 0 Å². The van der Waals surface area contributed by atoms with Crippen LogP contribution in [0.15, 0.2) is 39.4 Å². The quantitative estimate of drug-likeness (QED) is 0.626. The molecule has 2 heterocycles. The van der Waals surface area contributed by atoms with E-state index in [-0.39, 0.29) is 12.4 Å². The summed E-state index contributed by atoms with van der Waals surface area (Å²) in [5, 5.41) is 0.761. The van der Waals surface area contributed by atoms with Crippen molar-refractivity contribution >= 4 is 16.9 Å². The van der Waals surface area contributed by atoms with Gasteiger partial charge in [-0.05, 0) is 36.1 Å². The fourth-order valence-electron chi connectivity index (χ4n) is 2.82. The number of benzene rings is 1. The van der Waals surface area contributed by atoms with Crippen LogP contribution < -0.4 is 5.63 Å². The standard InChI is InChI=1S/C19H20O6/c1-11(2)14-8-15-13(7-18(20)25-16(15)6-12(14)3)9-24-19(21)17-10-22-4-5-23-17/h6-8,10-11H,4-5,9H2,1-3H3. The van der Waals surface area contributed by atoms with Gasteiger partial charge < -0.3 is 18.6 Å². The summed E-state index contributed by atoms with van der Waals surface area (Å²) in [4.78, 5) is 23.8. The Morgan fingerprint density at radius 3 is 2.72 bits per heavy atom. The van der Waals surface area contributed by atoms with Gasteiger partial charge in [-0.3, -0.25) is 0 Å². The predicted octanol–water partition coefficient (Wildman–Crippen LogP) is 3.16. The molecule has 6 nitrogen and oxygen atoms in total. The molecule has 25 heavy (non-hydrogen) atoms. The van der Waals surface area contributed by atoms with Gasteiger partial charge in [0.1, 0.15) is 31.7 Å². The summed E-state index contributed by atoms with van der Waals surface area (Å²) in [7, 11) is 0. The maximum atomic E-state index is 12.0. The second kappa shape index (κ2) is 7.01. The van der Waals surface area contributed by atoms with E-state index in [2.05, 4.69) is 13.8 Å². The highest BCUT2D eigenvalue weighted by Crippen LogP contribution is 2.27. The van der Waals surface area contributed by atoms with Gasteiger partial charge in [-0.1, -0.05) is 13.8 Å². The van der Waals surface area contributed by atoms with Crippen LogP contribution in [0.3, 0.4) is 0 Å². The van der Waals surface area contributed by atoms with Gasteiger partial charge in [-0.25, -0.2) is 9.59 Å². The Hall–Kier alpha value is -2.76. The van der Waals surface area contributed by atoms with E-state index in [0.29, 0.717) is 30.3 Å². The second-order valence-corrected chi connectivity index (χ2v) is 6.23. The lowest BCUT2D eigenvalue weighted by molar-refractivity contribution is -0.145. The molecule has 1 aliphatic heterocycles. The van der Waals surface area contributed by atoms with Crippen LogP contribution in [0.5, 0.6) is 0 Å². The van der Waals surface area contributed by atoms with E-state index >= 15 is 0 Å². The van der Waals surface area contributed by atoms with Gasteiger partial charge in [-0.2, -0.15) is 0 Å². The number of carbonyl (C=O) groups excluding carboxylic acids is 1. The summed E-state index contributed by atoms with van der Waals surface area (Å²) in [5.74, 6) is -0.279. The van der Waals surface area contributed by atoms with Crippen molar-refractivity contribution in [3.63, 3.8) is 0 Å². The first-order valence-corrected chi connectivity index (χ1v) is 8.14. The molecule has 0 bridgehead atoms. The molecule has 3 rings (SSSR count). The van der Waals surface area contributed by atoms with Crippen LogP contribution in [0.25, 0.3) is 11.0 Å². The summed E-state index contributed by atoms with van der Waals surface area (Å²) in [6, 6.07) is 5.18. The third-order valence-electron chi connectivity index (χ3n) is 4.05. The summed E-state index contributed by atoms with van der Waals surface area (Å²) in [6.45, 7) is 6.82. The van der Waals surface area contributed by atoms with Gasteiger partial charge in [0, 0.05) is 17.0 Å². The van der Waals surface area contributed by atoms with Crippen molar-refractivity contribution in [3.8, 4) is 0 Å². The molecule has 2 aromatic rings.